The Hall–Kier alpha value is -4.37. The van der Waals surface area contributed by atoms with Crippen molar-refractivity contribution in [2.75, 3.05) is 24.4 Å². The molecule has 36 heavy (non-hydrogen) atoms. The van der Waals surface area contributed by atoms with Crippen LogP contribution in [0.1, 0.15) is 24.2 Å². The van der Waals surface area contributed by atoms with Crippen LogP contribution in [0.4, 0.5) is 11.4 Å². The van der Waals surface area contributed by atoms with E-state index in [0.717, 1.165) is 5.69 Å². The molecule has 0 saturated heterocycles. The van der Waals surface area contributed by atoms with Crippen molar-refractivity contribution in [3.05, 3.63) is 76.6 Å². The number of amides is 2. The summed E-state index contributed by atoms with van der Waals surface area (Å²) in [6.45, 7) is 3.94. The number of carbonyl (C=O) groups is 2. The topological polar surface area (TPSA) is 136 Å². The van der Waals surface area contributed by atoms with Gasteiger partial charge in [0.05, 0.1) is 30.9 Å². The fraction of sp³-hybridized carbons (Fsp3) is 0.222. The van der Waals surface area contributed by atoms with Crippen molar-refractivity contribution in [1.29, 1.82) is 0 Å². The highest BCUT2D eigenvalue weighted by molar-refractivity contribution is 6.13. The number of pyridine rings is 1. The third kappa shape index (κ3) is 5.31. The third-order valence-corrected chi connectivity index (χ3v) is 5.73. The first-order chi connectivity index (χ1) is 17.3. The number of rotatable bonds is 9. The number of anilines is 2. The maximum absolute atomic E-state index is 13.3. The Bertz CT molecular complexity index is 1480. The molecule has 2 amide bonds. The Balaban J connectivity index is 1.66. The Morgan fingerprint density at radius 1 is 0.972 bits per heavy atom. The summed E-state index contributed by atoms with van der Waals surface area (Å²) in [6, 6.07) is 16.6. The molecule has 9 heteroatoms. The molecule has 1 unspecified atom stereocenters. The lowest BCUT2D eigenvalue weighted by molar-refractivity contribution is -0.118. The summed E-state index contributed by atoms with van der Waals surface area (Å²) in [6.07, 6.45) is -0.0591. The van der Waals surface area contributed by atoms with Crippen LogP contribution in [0.25, 0.3) is 21.7 Å². The van der Waals surface area contributed by atoms with Crippen LogP contribution in [0.15, 0.2) is 65.5 Å². The predicted octanol–water partition coefficient (Wildman–Crippen LogP) is 3.63. The SMILES string of the molecule is COc1ccc(NC(COC(C)C)C(=O)Nc2ccc3c(=O)[nH]c4c(C(N)=O)cccc4c3c2)cc1. The number of ether oxygens (including phenoxy) is 2. The molecule has 4 aromatic rings. The molecule has 0 aliphatic heterocycles. The molecule has 9 nitrogen and oxygen atoms in total. The molecule has 0 bridgehead atoms. The van der Waals surface area contributed by atoms with E-state index in [0.29, 0.717) is 33.1 Å². The van der Waals surface area contributed by atoms with Gasteiger partial charge in [-0.3, -0.25) is 14.4 Å². The van der Waals surface area contributed by atoms with Crippen molar-refractivity contribution < 1.29 is 19.1 Å². The smallest absolute Gasteiger partial charge is 0.256 e. The number of H-pyrrole nitrogens is 1. The fourth-order valence-electron chi connectivity index (χ4n) is 3.93. The van der Waals surface area contributed by atoms with E-state index in [-0.39, 0.29) is 29.7 Å². The molecule has 186 valence electrons. The van der Waals surface area contributed by atoms with Crippen LogP contribution in [-0.4, -0.2) is 42.7 Å². The second-order valence-electron chi connectivity index (χ2n) is 8.60. The van der Waals surface area contributed by atoms with Crippen LogP contribution >= 0.6 is 0 Å². The van der Waals surface area contributed by atoms with Crippen molar-refractivity contribution in [3.8, 4) is 5.75 Å². The van der Waals surface area contributed by atoms with Crippen molar-refractivity contribution in [3.63, 3.8) is 0 Å². The van der Waals surface area contributed by atoms with E-state index in [2.05, 4.69) is 15.6 Å². The van der Waals surface area contributed by atoms with Crippen LogP contribution in [-0.2, 0) is 9.53 Å². The number of aromatic amines is 1. The number of methoxy groups -OCH3 is 1. The van der Waals surface area contributed by atoms with Gasteiger partial charge in [0.2, 0.25) is 5.91 Å². The van der Waals surface area contributed by atoms with E-state index in [1.165, 1.54) is 0 Å². The molecule has 0 radical (unpaired) electrons. The molecule has 0 aliphatic rings. The van der Waals surface area contributed by atoms with Gasteiger partial charge in [0.1, 0.15) is 11.8 Å². The number of carbonyl (C=O) groups excluding carboxylic acids is 2. The summed E-state index contributed by atoms with van der Waals surface area (Å²) in [5.74, 6) is -0.242. The lowest BCUT2D eigenvalue weighted by Gasteiger charge is -2.21. The number of fused-ring (bicyclic) bond motifs is 3. The second kappa shape index (κ2) is 10.5. The van der Waals surface area contributed by atoms with Crippen LogP contribution in [0.5, 0.6) is 5.75 Å². The largest absolute Gasteiger partial charge is 0.497 e. The first kappa shape index (κ1) is 24.7. The molecule has 5 N–H and O–H groups in total. The molecular weight excluding hydrogens is 460 g/mol. The van der Waals surface area contributed by atoms with Gasteiger partial charge in [-0.05, 0) is 67.8 Å². The normalized spacial score (nSPS) is 12.0. The molecule has 0 saturated carbocycles. The number of hydrogen-bond donors (Lipinski definition) is 4. The Labute approximate surface area is 207 Å². The van der Waals surface area contributed by atoms with Crippen LogP contribution in [0.3, 0.4) is 0 Å². The zero-order valence-corrected chi connectivity index (χ0v) is 20.3. The molecule has 0 fully saturated rings. The molecule has 0 aliphatic carbocycles. The van der Waals surface area contributed by atoms with Crippen LogP contribution < -0.4 is 26.7 Å². The number of para-hydroxylation sites is 1. The average molecular weight is 489 g/mol. The van der Waals surface area contributed by atoms with Crippen LogP contribution in [0.2, 0.25) is 0 Å². The standard InChI is InChI=1S/C27H28N4O5/c1-15(2)36-14-23(29-16-7-10-18(35-3)11-8-16)27(34)30-17-9-12-20-22(13-17)19-5-4-6-21(25(28)32)24(19)31-26(20)33/h4-13,15,23,29H,14H2,1-3H3,(H2,28,32)(H,30,34)(H,31,33). The first-order valence-corrected chi connectivity index (χ1v) is 11.5. The summed E-state index contributed by atoms with van der Waals surface area (Å²) >= 11 is 0. The highest BCUT2D eigenvalue weighted by Crippen LogP contribution is 2.26. The van der Waals surface area contributed by atoms with Gasteiger partial charge in [-0.25, -0.2) is 0 Å². The van der Waals surface area contributed by atoms with Crippen LogP contribution in [0, 0.1) is 0 Å². The van der Waals surface area contributed by atoms with E-state index in [1.54, 1.807) is 55.6 Å². The molecule has 3 aromatic carbocycles. The van der Waals surface area contributed by atoms with Crippen molar-refractivity contribution in [1.82, 2.24) is 4.98 Å². The zero-order valence-electron chi connectivity index (χ0n) is 20.3. The molecule has 4 rings (SSSR count). The average Bonchev–Trinajstić information content (AvgIpc) is 2.86. The quantitative estimate of drug-likeness (QED) is 0.266. The number of primary amides is 1. The maximum atomic E-state index is 13.3. The Kier molecular flexibility index (Phi) is 7.21. The Morgan fingerprint density at radius 3 is 2.36 bits per heavy atom. The van der Waals surface area contributed by atoms with Gasteiger partial charge < -0.3 is 30.8 Å². The summed E-state index contributed by atoms with van der Waals surface area (Å²) in [4.78, 5) is 40.5. The van der Waals surface area contributed by atoms with E-state index in [1.807, 2.05) is 26.0 Å². The minimum Gasteiger partial charge on any atom is -0.497 e. The minimum atomic E-state index is -0.686. The van der Waals surface area contributed by atoms with Gasteiger partial charge >= 0.3 is 0 Å². The summed E-state index contributed by atoms with van der Waals surface area (Å²) in [5, 5.41) is 7.78. The van der Waals surface area contributed by atoms with Crippen molar-refractivity contribution in [2.45, 2.75) is 26.0 Å². The maximum Gasteiger partial charge on any atom is 0.256 e. The summed E-state index contributed by atoms with van der Waals surface area (Å²) in [5.41, 5.74) is 6.94. The van der Waals surface area contributed by atoms with Gasteiger partial charge in [-0.2, -0.15) is 0 Å². The number of hydrogen-bond acceptors (Lipinski definition) is 6. The van der Waals surface area contributed by atoms with Gasteiger partial charge in [0.15, 0.2) is 0 Å². The lowest BCUT2D eigenvalue weighted by atomic mass is 10.0. The number of benzene rings is 3. The molecule has 1 atom stereocenters. The molecular formula is C27H28N4O5. The third-order valence-electron chi connectivity index (χ3n) is 5.73. The fourth-order valence-corrected chi connectivity index (χ4v) is 3.93. The van der Waals surface area contributed by atoms with Gasteiger partial charge in [-0.1, -0.05) is 12.1 Å². The molecule has 0 spiro atoms. The Morgan fingerprint density at radius 2 is 1.69 bits per heavy atom. The van der Waals surface area contributed by atoms with E-state index in [9.17, 15) is 14.4 Å². The zero-order chi connectivity index (χ0) is 25.8. The highest BCUT2D eigenvalue weighted by atomic mass is 16.5. The van der Waals surface area contributed by atoms with E-state index < -0.39 is 11.9 Å². The van der Waals surface area contributed by atoms with Gasteiger partial charge in [0.25, 0.3) is 11.5 Å². The van der Waals surface area contributed by atoms with Crippen molar-refractivity contribution in [2.24, 2.45) is 5.73 Å². The first-order valence-electron chi connectivity index (χ1n) is 11.5. The number of aromatic nitrogens is 1. The molecule has 1 heterocycles. The van der Waals surface area contributed by atoms with Gasteiger partial charge in [0, 0.05) is 22.1 Å². The summed E-state index contributed by atoms with van der Waals surface area (Å²) in [7, 11) is 1.59. The van der Waals surface area contributed by atoms with Crippen molar-refractivity contribution >= 4 is 44.9 Å². The van der Waals surface area contributed by atoms with Gasteiger partial charge in [-0.15, -0.1) is 0 Å². The molecule has 1 aromatic heterocycles. The van der Waals surface area contributed by atoms with E-state index >= 15 is 0 Å². The predicted molar refractivity (Wildman–Crippen MR) is 141 cm³/mol. The van der Waals surface area contributed by atoms with E-state index in [4.69, 9.17) is 15.2 Å². The highest BCUT2D eigenvalue weighted by Gasteiger charge is 2.20. The number of nitrogens with two attached hydrogens (primary N) is 1. The summed E-state index contributed by atoms with van der Waals surface area (Å²) < 4.78 is 10.9. The minimum absolute atomic E-state index is 0.0591. The lowest BCUT2D eigenvalue weighted by Crippen LogP contribution is -2.39. The second-order valence-corrected chi connectivity index (χ2v) is 8.60. The monoisotopic (exact) mass is 488 g/mol. The number of nitrogens with one attached hydrogen (secondary N) is 3.